The van der Waals surface area contributed by atoms with Crippen LogP contribution in [0.2, 0.25) is 0 Å². The number of hydrogen-bond acceptors (Lipinski definition) is 3. The third-order valence-electron chi connectivity index (χ3n) is 4.32. The van der Waals surface area contributed by atoms with Crippen LogP contribution in [0.3, 0.4) is 0 Å². The molecule has 4 heteroatoms. The number of hydrazone groups is 1. The number of amides is 1. The van der Waals surface area contributed by atoms with Gasteiger partial charge in [-0.3, -0.25) is 4.79 Å². The maximum atomic E-state index is 11.9. The molecule has 128 valence electrons. The largest absolute Gasteiger partial charge is 0.484 e. The van der Waals surface area contributed by atoms with Crippen LogP contribution >= 0.6 is 0 Å². The maximum absolute atomic E-state index is 11.9. The smallest absolute Gasteiger partial charge is 0.277 e. The minimum atomic E-state index is -0.257. The summed E-state index contributed by atoms with van der Waals surface area (Å²) in [6.07, 6.45) is 4.94. The van der Waals surface area contributed by atoms with Crippen molar-refractivity contribution in [1.29, 1.82) is 0 Å². The van der Waals surface area contributed by atoms with Gasteiger partial charge in [0.05, 0.1) is 5.71 Å². The molecule has 1 N–H and O–H groups in total. The highest BCUT2D eigenvalue weighted by Gasteiger charge is 2.18. The van der Waals surface area contributed by atoms with Crippen LogP contribution in [0.15, 0.2) is 53.2 Å². The molecular weight excluding hydrogens is 300 g/mol. The van der Waals surface area contributed by atoms with Crippen LogP contribution < -0.4 is 10.2 Å². The molecule has 0 bridgehead atoms. The molecule has 2 rings (SSSR count). The van der Waals surface area contributed by atoms with Crippen molar-refractivity contribution in [3.05, 3.63) is 53.6 Å². The lowest BCUT2D eigenvalue weighted by atomic mass is 9.85. The molecule has 0 fully saturated rings. The number of nitrogens with zero attached hydrogens (tertiary/aromatic N) is 1. The Hall–Kier alpha value is -2.36. The van der Waals surface area contributed by atoms with Crippen molar-refractivity contribution >= 4 is 11.6 Å². The van der Waals surface area contributed by atoms with Gasteiger partial charge >= 0.3 is 0 Å². The normalized spacial score (nSPS) is 18.9. The first-order valence-electron chi connectivity index (χ1n) is 8.39. The number of carbonyl (C=O) groups is 1. The molecule has 0 aromatic heterocycles. The van der Waals surface area contributed by atoms with Gasteiger partial charge in [-0.05, 0) is 62.3 Å². The minimum Gasteiger partial charge on any atom is -0.484 e. The molecule has 0 saturated heterocycles. The lowest BCUT2D eigenvalue weighted by Gasteiger charge is -2.22. The second kappa shape index (κ2) is 8.48. The topological polar surface area (TPSA) is 50.7 Å². The fraction of sp³-hybridized carbons (Fsp3) is 0.400. The number of nitrogens with one attached hydrogen (secondary N) is 1. The second-order valence-corrected chi connectivity index (χ2v) is 6.25. The summed E-state index contributed by atoms with van der Waals surface area (Å²) in [4.78, 5) is 11.9. The third-order valence-corrected chi connectivity index (χ3v) is 4.32. The highest BCUT2D eigenvalue weighted by atomic mass is 16.5. The van der Waals surface area contributed by atoms with Crippen molar-refractivity contribution in [2.75, 3.05) is 6.61 Å². The molecule has 1 aromatic rings. The predicted molar refractivity (Wildman–Crippen MR) is 98.2 cm³/mol. The zero-order valence-corrected chi connectivity index (χ0v) is 14.8. The van der Waals surface area contributed by atoms with Gasteiger partial charge in [0, 0.05) is 0 Å². The Morgan fingerprint density at radius 2 is 2.08 bits per heavy atom. The summed E-state index contributed by atoms with van der Waals surface area (Å²) in [7, 11) is 0. The Kier molecular flexibility index (Phi) is 6.36. The van der Waals surface area contributed by atoms with Crippen LogP contribution in [-0.4, -0.2) is 18.2 Å². The van der Waals surface area contributed by atoms with E-state index in [2.05, 4.69) is 30.1 Å². The van der Waals surface area contributed by atoms with E-state index in [9.17, 15) is 4.79 Å². The van der Waals surface area contributed by atoms with Crippen molar-refractivity contribution in [2.45, 2.75) is 40.0 Å². The number of rotatable bonds is 6. The first-order valence-corrected chi connectivity index (χ1v) is 8.39. The van der Waals surface area contributed by atoms with Crippen molar-refractivity contribution in [3.63, 3.8) is 0 Å². The molecule has 1 unspecified atom stereocenters. The van der Waals surface area contributed by atoms with E-state index >= 15 is 0 Å². The van der Waals surface area contributed by atoms with Crippen LogP contribution in [0.1, 0.15) is 39.2 Å². The van der Waals surface area contributed by atoms with Crippen molar-refractivity contribution < 1.29 is 9.53 Å². The van der Waals surface area contributed by atoms with Crippen LogP contribution in [-0.2, 0) is 11.2 Å². The Balaban J connectivity index is 1.86. The maximum Gasteiger partial charge on any atom is 0.277 e. The number of carbonyl (C=O) groups excluding carboxylic acids is 1. The summed E-state index contributed by atoms with van der Waals surface area (Å²) >= 11 is 0. The number of benzene rings is 1. The molecule has 0 aliphatic heterocycles. The van der Waals surface area contributed by atoms with E-state index < -0.39 is 0 Å². The molecule has 0 radical (unpaired) electrons. The average molecular weight is 326 g/mol. The van der Waals surface area contributed by atoms with E-state index in [0.29, 0.717) is 11.7 Å². The zero-order chi connectivity index (χ0) is 17.5. The minimum absolute atomic E-state index is 0.0467. The van der Waals surface area contributed by atoms with Gasteiger partial charge in [-0.25, -0.2) is 5.43 Å². The lowest BCUT2D eigenvalue weighted by molar-refractivity contribution is -0.123. The summed E-state index contributed by atoms with van der Waals surface area (Å²) in [6.45, 7) is 10.1. The molecule has 1 atom stereocenters. The highest BCUT2D eigenvalue weighted by molar-refractivity contribution is 6.01. The number of allylic oxidation sites excluding steroid dienone is 3. The van der Waals surface area contributed by atoms with Gasteiger partial charge in [0.1, 0.15) is 5.75 Å². The fourth-order valence-corrected chi connectivity index (χ4v) is 2.56. The lowest BCUT2D eigenvalue weighted by Crippen LogP contribution is -2.27. The van der Waals surface area contributed by atoms with Crippen LogP contribution in [0.5, 0.6) is 5.75 Å². The molecule has 4 nitrogen and oxygen atoms in total. The summed E-state index contributed by atoms with van der Waals surface area (Å²) in [5.74, 6) is 0.830. The third kappa shape index (κ3) is 5.08. The van der Waals surface area contributed by atoms with Crippen LogP contribution in [0, 0.1) is 5.92 Å². The van der Waals surface area contributed by atoms with Crippen molar-refractivity contribution in [3.8, 4) is 5.75 Å². The van der Waals surface area contributed by atoms with E-state index in [1.54, 1.807) is 0 Å². The van der Waals surface area contributed by atoms with Crippen molar-refractivity contribution in [2.24, 2.45) is 11.0 Å². The quantitative estimate of drug-likeness (QED) is 0.634. The molecule has 0 heterocycles. The van der Waals surface area contributed by atoms with E-state index in [1.165, 1.54) is 5.56 Å². The van der Waals surface area contributed by atoms with E-state index in [-0.39, 0.29) is 12.5 Å². The van der Waals surface area contributed by atoms with Gasteiger partial charge in [-0.2, -0.15) is 5.10 Å². The monoisotopic (exact) mass is 326 g/mol. The molecule has 24 heavy (non-hydrogen) atoms. The molecule has 0 saturated carbocycles. The molecule has 0 spiro atoms. The molecule has 1 aromatic carbocycles. The summed E-state index contributed by atoms with van der Waals surface area (Å²) in [5, 5.41) is 4.26. The van der Waals surface area contributed by atoms with E-state index in [1.807, 2.05) is 38.1 Å². The standard InChI is InChI=1S/C20H26N2O2/c1-5-16-7-10-18(11-8-16)24-13-20(23)22-21-19-12-17(14(2)3)9-6-15(19)4/h6-8,10-11,17H,2,5,9,12-13H2,1,3-4H3,(H,22,23)/b21-19-. The number of hydrogen-bond donors (Lipinski definition) is 1. The Morgan fingerprint density at radius 3 is 2.71 bits per heavy atom. The van der Waals surface area contributed by atoms with E-state index in [0.717, 1.165) is 36.1 Å². The van der Waals surface area contributed by atoms with Crippen LogP contribution in [0.25, 0.3) is 0 Å². The fourth-order valence-electron chi connectivity index (χ4n) is 2.56. The van der Waals surface area contributed by atoms with Crippen LogP contribution in [0.4, 0.5) is 0 Å². The van der Waals surface area contributed by atoms with Gasteiger partial charge in [-0.1, -0.05) is 37.3 Å². The predicted octanol–water partition coefficient (Wildman–Crippen LogP) is 4.03. The Bertz CT molecular complexity index is 657. The summed E-state index contributed by atoms with van der Waals surface area (Å²) < 4.78 is 5.48. The first kappa shape index (κ1) is 18.0. The molecule has 1 amide bonds. The Morgan fingerprint density at radius 1 is 1.38 bits per heavy atom. The Labute approximate surface area is 144 Å². The SMILES string of the molecule is C=C(C)C1CC=C(C)/C(=N\NC(=O)COc2ccc(CC)cc2)C1. The highest BCUT2D eigenvalue weighted by Crippen LogP contribution is 2.26. The van der Waals surface area contributed by atoms with Crippen molar-refractivity contribution in [1.82, 2.24) is 5.43 Å². The van der Waals surface area contributed by atoms with Gasteiger partial charge in [0.15, 0.2) is 6.61 Å². The second-order valence-electron chi connectivity index (χ2n) is 6.25. The number of ether oxygens (including phenoxy) is 1. The van der Waals surface area contributed by atoms with Gasteiger partial charge in [0.2, 0.25) is 0 Å². The van der Waals surface area contributed by atoms with Gasteiger partial charge in [0.25, 0.3) is 5.91 Å². The van der Waals surface area contributed by atoms with Gasteiger partial charge < -0.3 is 4.74 Å². The summed E-state index contributed by atoms with van der Waals surface area (Å²) in [6, 6.07) is 7.76. The average Bonchev–Trinajstić information content (AvgIpc) is 2.59. The molecule has 1 aliphatic rings. The number of aryl methyl sites for hydroxylation is 1. The zero-order valence-electron chi connectivity index (χ0n) is 14.8. The summed E-state index contributed by atoms with van der Waals surface area (Å²) in [5.41, 5.74) is 7.01. The molecular formula is C20H26N2O2. The first-order chi connectivity index (χ1) is 11.5. The molecule has 1 aliphatic carbocycles. The van der Waals surface area contributed by atoms with E-state index in [4.69, 9.17) is 4.74 Å². The van der Waals surface area contributed by atoms with Gasteiger partial charge in [-0.15, -0.1) is 0 Å².